The van der Waals surface area contributed by atoms with Gasteiger partial charge >= 0.3 is 12.0 Å². The van der Waals surface area contributed by atoms with E-state index in [4.69, 9.17) is 14.2 Å². The van der Waals surface area contributed by atoms with Crippen LogP contribution in [0.1, 0.15) is 46.8 Å². The lowest BCUT2D eigenvalue weighted by molar-refractivity contribution is 0.0595. The van der Waals surface area contributed by atoms with Crippen molar-refractivity contribution in [3.05, 3.63) is 82.9 Å². The second-order valence-corrected chi connectivity index (χ2v) is 8.15. The Kier molecular flexibility index (Phi) is 8.69. The van der Waals surface area contributed by atoms with Crippen LogP contribution in [0.15, 0.2) is 60.7 Å². The summed E-state index contributed by atoms with van der Waals surface area (Å²) in [7, 11) is 2.79. The van der Waals surface area contributed by atoms with Crippen molar-refractivity contribution < 1.29 is 28.9 Å². The number of hydrogen-bond donors (Lipinski definition) is 3. The van der Waals surface area contributed by atoms with Crippen LogP contribution in [0.25, 0.3) is 0 Å². The zero-order chi connectivity index (χ0) is 25.4. The predicted octanol–water partition coefficient (Wildman–Crippen LogP) is 5.32. The van der Waals surface area contributed by atoms with E-state index in [1.165, 1.54) is 25.8 Å². The van der Waals surface area contributed by atoms with Gasteiger partial charge in [-0.1, -0.05) is 38.1 Å². The number of carbonyl (C=O) groups is 2. The Morgan fingerprint density at radius 3 is 2.09 bits per heavy atom. The van der Waals surface area contributed by atoms with Crippen molar-refractivity contribution in [3.63, 3.8) is 0 Å². The SMILES string of the molecule is COC(=O)c1cc(NC(=O)Nc2ccc(OC)c(CO)c2)ccc1OCc1ccc(C(C)C)cc1. The maximum absolute atomic E-state index is 12.5. The molecule has 0 fully saturated rings. The third kappa shape index (κ3) is 6.74. The molecule has 0 atom stereocenters. The van der Waals surface area contributed by atoms with Crippen LogP contribution in [0.3, 0.4) is 0 Å². The summed E-state index contributed by atoms with van der Waals surface area (Å²) >= 11 is 0. The largest absolute Gasteiger partial charge is 0.496 e. The van der Waals surface area contributed by atoms with Gasteiger partial charge in [-0.25, -0.2) is 9.59 Å². The maximum Gasteiger partial charge on any atom is 0.341 e. The average molecular weight is 479 g/mol. The van der Waals surface area contributed by atoms with Crippen LogP contribution in [0.2, 0.25) is 0 Å². The van der Waals surface area contributed by atoms with Crippen LogP contribution in [-0.4, -0.2) is 31.3 Å². The lowest BCUT2D eigenvalue weighted by atomic mass is 10.0. The lowest BCUT2D eigenvalue weighted by Crippen LogP contribution is -2.20. The molecule has 0 radical (unpaired) electrons. The minimum atomic E-state index is -0.582. The zero-order valence-electron chi connectivity index (χ0n) is 20.3. The van der Waals surface area contributed by atoms with E-state index < -0.39 is 12.0 Å². The van der Waals surface area contributed by atoms with E-state index in [-0.39, 0.29) is 18.8 Å². The summed E-state index contributed by atoms with van der Waals surface area (Å²) in [5, 5.41) is 14.8. The molecule has 184 valence electrons. The van der Waals surface area contributed by atoms with Gasteiger partial charge in [0.15, 0.2) is 0 Å². The molecular formula is C27H30N2O6. The van der Waals surface area contributed by atoms with Gasteiger partial charge in [-0.2, -0.15) is 0 Å². The Balaban J connectivity index is 1.70. The summed E-state index contributed by atoms with van der Waals surface area (Å²) in [6.07, 6.45) is 0. The summed E-state index contributed by atoms with van der Waals surface area (Å²) in [6, 6.07) is 17.3. The minimum absolute atomic E-state index is 0.191. The molecule has 3 aromatic carbocycles. The number of esters is 1. The molecule has 0 unspecified atom stereocenters. The van der Waals surface area contributed by atoms with Crippen molar-refractivity contribution in [2.45, 2.75) is 33.0 Å². The van der Waals surface area contributed by atoms with Crippen LogP contribution in [0, 0.1) is 0 Å². The van der Waals surface area contributed by atoms with E-state index in [1.54, 1.807) is 30.3 Å². The Morgan fingerprint density at radius 1 is 0.886 bits per heavy atom. The van der Waals surface area contributed by atoms with Gasteiger partial charge in [-0.05, 0) is 53.4 Å². The van der Waals surface area contributed by atoms with Gasteiger partial charge in [0.25, 0.3) is 0 Å². The highest BCUT2D eigenvalue weighted by atomic mass is 16.5. The second kappa shape index (κ2) is 11.9. The van der Waals surface area contributed by atoms with Gasteiger partial charge in [0.2, 0.25) is 0 Å². The number of urea groups is 1. The van der Waals surface area contributed by atoms with Crippen LogP contribution in [0.5, 0.6) is 11.5 Å². The molecule has 8 heteroatoms. The van der Waals surface area contributed by atoms with E-state index in [2.05, 4.69) is 36.6 Å². The molecule has 3 aromatic rings. The molecule has 0 saturated carbocycles. The smallest absolute Gasteiger partial charge is 0.341 e. The van der Waals surface area contributed by atoms with E-state index in [0.717, 1.165) is 5.56 Å². The molecule has 0 spiro atoms. The highest BCUT2D eigenvalue weighted by Crippen LogP contribution is 2.26. The first-order chi connectivity index (χ1) is 16.8. The highest BCUT2D eigenvalue weighted by molar-refractivity contribution is 6.01. The van der Waals surface area contributed by atoms with Gasteiger partial charge in [0.05, 0.1) is 20.8 Å². The molecule has 2 amide bonds. The fourth-order valence-electron chi connectivity index (χ4n) is 3.44. The number of rotatable bonds is 9. The summed E-state index contributed by atoms with van der Waals surface area (Å²) in [5.74, 6) is 0.725. The van der Waals surface area contributed by atoms with Crippen molar-refractivity contribution in [1.29, 1.82) is 0 Å². The monoisotopic (exact) mass is 478 g/mol. The van der Waals surface area contributed by atoms with Gasteiger partial charge in [0.1, 0.15) is 23.7 Å². The average Bonchev–Trinajstić information content (AvgIpc) is 2.87. The van der Waals surface area contributed by atoms with Gasteiger partial charge in [-0.3, -0.25) is 0 Å². The van der Waals surface area contributed by atoms with E-state index in [0.29, 0.717) is 34.4 Å². The molecular weight excluding hydrogens is 448 g/mol. The van der Waals surface area contributed by atoms with Crippen molar-refractivity contribution in [1.82, 2.24) is 0 Å². The van der Waals surface area contributed by atoms with E-state index >= 15 is 0 Å². The quantitative estimate of drug-likeness (QED) is 0.360. The Hall–Kier alpha value is -4.04. The highest BCUT2D eigenvalue weighted by Gasteiger charge is 2.16. The van der Waals surface area contributed by atoms with Crippen molar-refractivity contribution >= 4 is 23.4 Å². The molecule has 0 saturated heterocycles. The number of carbonyl (C=O) groups excluding carboxylic acids is 2. The van der Waals surface area contributed by atoms with Crippen LogP contribution in [0.4, 0.5) is 16.2 Å². The number of anilines is 2. The number of methoxy groups -OCH3 is 2. The van der Waals surface area contributed by atoms with Gasteiger partial charge < -0.3 is 30.0 Å². The maximum atomic E-state index is 12.5. The fourth-order valence-corrected chi connectivity index (χ4v) is 3.44. The first-order valence-corrected chi connectivity index (χ1v) is 11.1. The second-order valence-electron chi connectivity index (χ2n) is 8.15. The van der Waals surface area contributed by atoms with E-state index in [9.17, 15) is 14.7 Å². The molecule has 0 aliphatic heterocycles. The standard InChI is InChI=1S/C27H30N2O6/c1-17(2)19-7-5-18(6-8-19)16-35-25-12-10-22(14-23(25)26(31)34-4)29-27(32)28-21-9-11-24(33-3)20(13-21)15-30/h5-14,17,30H,15-16H2,1-4H3,(H2,28,29,32). The third-order valence-electron chi connectivity index (χ3n) is 5.39. The van der Waals surface area contributed by atoms with E-state index in [1.807, 2.05) is 12.1 Å². The molecule has 0 aromatic heterocycles. The Bertz CT molecular complexity index is 1170. The predicted molar refractivity (Wildman–Crippen MR) is 134 cm³/mol. The first-order valence-electron chi connectivity index (χ1n) is 11.1. The molecule has 3 rings (SSSR count). The molecule has 0 heterocycles. The summed E-state index contributed by atoms with van der Waals surface area (Å²) in [5.41, 5.74) is 3.79. The number of benzene rings is 3. The lowest BCUT2D eigenvalue weighted by Gasteiger charge is -2.14. The van der Waals surface area contributed by atoms with Crippen LogP contribution >= 0.6 is 0 Å². The van der Waals surface area contributed by atoms with Gasteiger partial charge in [0, 0.05) is 16.9 Å². The normalized spacial score (nSPS) is 10.6. The Labute approximate surface area is 204 Å². The third-order valence-corrected chi connectivity index (χ3v) is 5.39. The molecule has 0 bridgehead atoms. The van der Waals surface area contributed by atoms with Gasteiger partial charge in [-0.15, -0.1) is 0 Å². The van der Waals surface area contributed by atoms with Crippen molar-refractivity contribution in [2.75, 3.05) is 24.9 Å². The minimum Gasteiger partial charge on any atom is -0.496 e. The number of nitrogens with one attached hydrogen (secondary N) is 2. The van der Waals surface area contributed by atoms with Crippen molar-refractivity contribution in [2.24, 2.45) is 0 Å². The zero-order valence-corrected chi connectivity index (χ0v) is 20.3. The molecule has 3 N–H and O–H groups in total. The summed E-state index contributed by atoms with van der Waals surface area (Å²) < 4.78 is 15.9. The Morgan fingerprint density at radius 2 is 1.51 bits per heavy atom. The topological polar surface area (TPSA) is 106 Å². The molecule has 35 heavy (non-hydrogen) atoms. The van der Waals surface area contributed by atoms with Crippen LogP contribution < -0.4 is 20.1 Å². The molecule has 8 nitrogen and oxygen atoms in total. The fraction of sp³-hybridized carbons (Fsp3) is 0.259. The molecule has 0 aliphatic carbocycles. The number of ether oxygens (including phenoxy) is 3. The summed E-state index contributed by atoms with van der Waals surface area (Å²) in [6.45, 7) is 4.31. The number of aliphatic hydroxyl groups is 1. The number of hydrogen-bond acceptors (Lipinski definition) is 6. The number of amides is 2. The van der Waals surface area contributed by atoms with Crippen LogP contribution in [-0.2, 0) is 18.0 Å². The number of aliphatic hydroxyl groups excluding tert-OH is 1. The van der Waals surface area contributed by atoms with Crippen molar-refractivity contribution in [3.8, 4) is 11.5 Å². The first kappa shape index (κ1) is 25.6. The summed E-state index contributed by atoms with van der Waals surface area (Å²) in [4.78, 5) is 24.9. The molecule has 0 aliphatic rings.